The van der Waals surface area contributed by atoms with Gasteiger partial charge in [0.15, 0.2) is 0 Å². The Morgan fingerprint density at radius 1 is 0.886 bits per heavy atom. The maximum atomic E-state index is 14.9. The topological polar surface area (TPSA) is 85.3 Å². The molecule has 9 heteroatoms. The number of aryl methyl sites for hydroxylation is 1. The fraction of sp³-hybridized carbons (Fsp3) is 0.192. The zero-order valence-electron chi connectivity index (χ0n) is 18.9. The van der Waals surface area contributed by atoms with Gasteiger partial charge in [-0.1, -0.05) is 29.3 Å². The summed E-state index contributed by atoms with van der Waals surface area (Å²) in [5.41, 5.74) is 1.62. The molecule has 2 amide bonds. The third-order valence-corrected chi connectivity index (χ3v) is 6.27. The summed E-state index contributed by atoms with van der Waals surface area (Å²) in [6.45, 7) is 3.22. The van der Waals surface area contributed by atoms with Crippen LogP contribution < -0.4 is 10.6 Å². The van der Waals surface area contributed by atoms with Gasteiger partial charge in [0, 0.05) is 34.4 Å². The van der Waals surface area contributed by atoms with Crippen LogP contribution >= 0.6 is 23.2 Å². The van der Waals surface area contributed by atoms with Crippen LogP contribution in [-0.2, 0) is 0 Å². The van der Waals surface area contributed by atoms with Crippen LogP contribution in [0.5, 0.6) is 0 Å². The van der Waals surface area contributed by atoms with Crippen LogP contribution in [0.15, 0.2) is 54.6 Å². The summed E-state index contributed by atoms with van der Waals surface area (Å²) < 4.78 is 14.9. The van der Waals surface area contributed by atoms with Crippen molar-refractivity contribution in [1.82, 2.24) is 4.90 Å². The number of nitrogens with one attached hydrogen (secondary N) is 3. The van der Waals surface area contributed by atoms with Gasteiger partial charge < -0.3 is 15.5 Å². The van der Waals surface area contributed by atoms with Crippen LogP contribution in [-0.4, -0.2) is 35.6 Å². The molecule has 1 aliphatic rings. The van der Waals surface area contributed by atoms with E-state index in [1.54, 1.807) is 43.3 Å². The molecule has 3 aromatic rings. The lowest BCUT2D eigenvalue weighted by atomic mass is 10.0. The summed E-state index contributed by atoms with van der Waals surface area (Å²) in [6, 6.07) is 13.7. The van der Waals surface area contributed by atoms with Crippen molar-refractivity contribution >= 4 is 52.2 Å². The van der Waals surface area contributed by atoms with Crippen molar-refractivity contribution in [1.29, 1.82) is 5.41 Å². The number of amidine groups is 1. The summed E-state index contributed by atoms with van der Waals surface area (Å²) in [4.78, 5) is 27.9. The molecule has 0 spiro atoms. The van der Waals surface area contributed by atoms with E-state index in [1.807, 2.05) is 4.90 Å². The van der Waals surface area contributed by atoms with E-state index in [4.69, 9.17) is 28.6 Å². The number of likely N-dealkylation sites (tertiary alicyclic amines) is 1. The number of benzene rings is 3. The summed E-state index contributed by atoms with van der Waals surface area (Å²) in [6.07, 6.45) is 2.00. The molecule has 6 nitrogen and oxygen atoms in total. The summed E-state index contributed by atoms with van der Waals surface area (Å²) in [5, 5.41) is 14.5. The Morgan fingerprint density at radius 2 is 1.54 bits per heavy atom. The number of rotatable bonds is 5. The largest absolute Gasteiger partial charge is 0.357 e. The molecule has 35 heavy (non-hydrogen) atoms. The lowest BCUT2D eigenvalue weighted by Crippen LogP contribution is -2.28. The molecule has 1 saturated heterocycles. The molecule has 0 bridgehead atoms. The first kappa shape index (κ1) is 24.7. The minimum Gasteiger partial charge on any atom is -0.357 e. The van der Waals surface area contributed by atoms with E-state index in [1.165, 1.54) is 18.2 Å². The van der Waals surface area contributed by atoms with Gasteiger partial charge in [0.25, 0.3) is 11.8 Å². The quantitative estimate of drug-likeness (QED) is 0.274. The van der Waals surface area contributed by atoms with Gasteiger partial charge in [-0.15, -0.1) is 0 Å². The van der Waals surface area contributed by atoms with E-state index in [2.05, 4.69) is 10.6 Å². The zero-order valence-corrected chi connectivity index (χ0v) is 20.4. The number of hydrogen-bond acceptors (Lipinski definition) is 3. The van der Waals surface area contributed by atoms with Crippen LogP contribution in [0.25, 0.3) is 0 Å². The van der Waals surface area contributed by atoms with Crippen molar-refractivity contribution < 1.29 is 14.0 Å². The molecule has 0 atom stereocenters. The summed E-state index contributed by atoms with van der Waals surface area (Å²) in [5.74, 6) is -1.72. The molecule has 3 N–H and O–H groups in total. The number of carbonyl (C=O) groups excluding carboxylic acids is 2. The molecule has 0 radical (unpaired) electrons. The van der Waals surface area contributed by atoms with Gasteiger partial charge in [0.2, 0.25) is 0 Å². The van der Waals surface area contributed by atoms with Crippen LogP contribution in [0.1, 0.15) is 44.7 Å². The lowest BCUT2D eigenvalue weighted by Gasteiger charge is -2.19. The maximum absolute atomic E-state index is 14.9. The summed E-state index contributed by atoms with van der Waals surface area (Å²) in [7, 11) is 0. The zero-order chi connectivity index (χ0) is 25.1. The van der Waals surface area contributed by atoms with E-state index in [9.17, 15) is 14.0 Å². The Bertz CT molecular complexity index is 1310. The number of anilines is 2. The number of nitrogens with zero attached hydrogens (tertiary/aromatic N) is 1. The highest BCUT2D eigenvalue weighted by Crippen LogP contribution is 2.28. The first-order valence-electron chi connectivity index (χ1n) is 11.0. The molecule has 1 aliphatic heterocycles. The molecular formula is C26H23Cl2FN4O2. The van der Waals surface area contributed by atoms with Gasteiger partial charge in [-0.3, -0.25) is 15.0 Å². The standard InChI is InChI=1S/C26H23Cl2FN4O2/c1-15-12-18(28)14-21(26(35)31-19-7-5-17(27)6-8-19)23(15)32-25(34)20-9-4-16(13-22(20)29)24(30)33-10-2-3-11-33/h4-9,12-14,30H,2-3,10-11H2,1H3,(H,31,35)(H,32,34). The smallest absolute Gasteiger partial charge is 0.258 e. The van der Waals surface area contributed by atoms with Crippen LogP contribution in [0.4, 0.5) is 15.8 Å². The second kappa shape index (κ2) is 10.5. The van der Waals surface area contributed by atoms with Crippen LogP contribution in [0, 0.1) is 18.2 Å². The number of amides is 2. The Morgan fingerprint density at radius 3 is 2.20 bits per heavy atom. The van der Waals surface area contributed by atoms with Crippen molar-refractivity contribution in [2.45, 2.75) is 19.8 Å². The van der Waals surface area contributed by atoms with Crippen molar-refractivity contribution in [3.05, 3.63) is 92.7 Å². The van der Waals surface area contributed by atoms with Gasteiger partial charge in [-0.2, -0.15) is 0 Å². The Kier molecular flexibility index (Phi) is 7.38. The van der Waals surface area contributed by atoms with Crippen molar-refractivity contribution in [3.63, 3.8) is 0 Å². The Hall–Kier alpha value is -3.42. The predicted octanol–water partition coefficient (Wildman–Crippen LogP) is 6.37. The molecule has 3 aromatic carbocycles. The van der Waals surface area contributed by atoms with Crippen molar-refractivity contribution in [2.75, 3.05) is 23.7 Å². The molecule has 4 rings (SSSR count). The second-order valence-corrected chi connectivity index (χ2v) is 9.17. The predicted molar refractivity (Wildman–Crippen MR) is 138 cm³/mol. The van der Waals surface area contributed by atoms with Gasteiger partial charge in [0.05, 0.1) is 16.8 Å². The van der Waals surface area contributed by atoms with Crippen molar-refractivity contribution in [3.8, 4) is 0 Å². The third-order valence-electron chi connectivity index (χ3n) is 5.79. The van der Waals surface area contributed by atoms with E-state index < -0.39 is 17.6 Å². The van der Waals surface area contributed by atoms with Gasteiger partial charge in [0.1, 0.15) is 11.7 Å². The van der Waals surface area contributed by atoms with Crippen molar-refractivity contribution in [2.24, 2.45) is 0 Å². The normalized spacial score (nSPS) is 13.0. The molecule has 0 saturated carbocycles. The Labute approximate surface area is 212 Å². The third kappa shape index (κ3) is 5.63. The minimum absolute atomic E-state index is 0.131. The molecule has 180 valence electrons. The van der Waals surface area contributed by atoms with E-state index >= 15 is 0 Å². The van der Waals surface area contributed by atoms with Crippen LogP contribution in [0.3, 0.4) is 0 Å². The van der Waals surface area contributed by atoms with E-state index in [0.29, 0.717) is 26.9 Å². The SMILES string of the molecule is Cc1cc(Cl)cc(C(=O)Nc2ccc(Cl)cc2)c1NC(=O)c1ccc(C(=N)N2CCCC2)cc1F. The van der Waals surface area contributed by atoms with Gasteiger partial charge in [-0.25, -0.2) is 4.39 Å². The van der Waals surface area contributed by atoms with E-state index in [-0.39, 0.29) is 22.6 Å². The monoisotopic (exact) mass is 512 g/mol. The average Bonchev–Trinajstić information content (AvgIpc) is 3.36. The highest BCUT2D eigenvalue weighted by molar-refractivity contribution is 6.31. The van der Waals surface area contributed by atoms with Gasteiger partial charge >= 0.3 is 0 Å². The molecule has 0 aliphatic carbocycles. The fourth-order valence-corrected chi connectivity index (χ4v) is 4.37. The highest BCUT2D eigenvalue weighted by atomic mass is 35.5. The first-order valence-corrected chi connectivity index (χ1v) is 11.8. The fourth-order valence-electron chi connectivity index (χ4n) is 3.97. The first-order chi connectivity index (χ1) is 16.7. The molecule has 1 heterocycles. The average molecular weight is 513 g/mol. The lowest BCUT2D eigenvalue weighted by molar-refractivity contribution is 0.102. The Balaban J connectivity index is 1.57. The van der Waals surface area contributed by atoms with E-state index in [0.717, 1.165) is 25.9 Å². The number of halogens is 3. The van der Waals surface area contributed by atoms with Gasteiger partial charge in [-0.05, 0) is 73.9 Å². The number of carbonyl (C=O) groups is 2. The molecular weight excluding hydrogens is 490 g/mol. The number of hydrogen-bond donors (Lipinski definition) is 3. The minimum atomic E-state index is -0.747. The maximum Gasteiger partial charge on any atom is 0.258 e. The highest BCUT2D eigenvalue weighted by Gasteiger charge is 2.22. The summed E-state index contributed by atoms with van der Waals surface area (Å²) >= 11 is 12.1. The molecule has 0 unspecified atom stereocenters. The molecule has 0 aromatic heterocycles. The molecule has 1 fully saturated rings. The second-order valence-electron chi connectivity index (χ2n) is 8.30. The van der Waals surface area contributed by atoms with Crippen LogP contribution in [0.2, 0.25) is 10.0 Å².